The van der Waals surface area contributed by atoms with Crippen LogP contribution in [0, 0.1) is 5.41 Å². The van der Waals surface area contributed by atoms with Crippen molar-refractivity contribution in [1.29, 1.82) is 0 Å². The first kappa shape index (κ1) is 16.9. The Hall–Kier alpha value is -0.910. The van der Waals surface area contributed by atoms with Crippen molar-refractivity contribution in [3.63, 3.8) is 0 Å². The molecule has 1 atom stereocenters. The molecule has 1 spiro atoms. The van der Waals surface area contributed by atoms with Gasteiger partial charge >= 0.3 is 0 Å². The first-order valence-electron chi connectivity index (χ1n) is 8.75. The summed E-state index contributed by atoms with van der Waals surface area (Å²) in [5, 5.41) is 2.27. The number of carbonyl (C=O) groups excluding carboxylic acids is 1. The molecule has 0 aliphatic carbocycles. The zero-order valence-corrected chi connectivity index (χ0v) is 15.5. The molecule has 2 saturated heterocycles. The second-order valence-electron chi connectivity index (χ2n) is 7.44. The quantitative estimate of drug-likeness (QED) is 0.800. The molecule has 2 aliphatic rings. The first-order valence-corrected chi connectivity index (χ1v) is 9.63. The summed E-state index contributed by atoms with van der Waals surface area (Å²) >= 11 is 1.86. The van der Waals surface area contributed by atoms with E-state index in [1.165, 1.54) is 10.4 Å². The lowest BCUT2D eigenvalue weighted by Crippen LogP contribution is -2.37. The number of carbonyl (C=O) groups is 1. The van der Waals surface area contributed by atoms with Crippen molar-refractivity contribution in [1.82, 2.24) is 14.7 Å². The van der Waals surface area contributed by atoms with Gasteiger partial charge in [-0.25, -0.2) is 0 Å². The summed E-state index contributed by atoms with van der Waals surface area (Å²) in [6, 6.07) is 2.33. The predicted molar refractivity (Wildman–Crippen MR) is 95.5 cm³/mol. The molecule has 0 N–H and O–H groups in total. The molecule has 128 valence electrons. The van der Waals surface area contributed by atoms with E-state index in [9.17, 15) is 4.79 Å². The lowest BCUT2D eigenvalue weighted by molar-refractivity contribution is -0.135. The molecule has 0 aromatic carbocycles. The van der Waals surface area contributed by atoms with Gasteiger partial charge in [0.25, 0.3) is 0 Å². The molecule has 3 rings (SSSR count). The number of nitrogens with zero attached hydrogens (tertiary/aromatic N) is 3. The van der Waals surface area contributed by atoms with Gasteiger partial charge in [0.2, 0.25) is 5.91 Å². The fourth-order valence-corrected chi connectivity index (χ4v) is 4.95. The minimum absolute atomic E-state index is 0.0705. The summed E-state index contributed by atoms with van der Waals surface area (Å²) in [7, 11) is 4.21. The van der Waals surface area contributed by atoms with E-state index in [0.29, 0.717) is 5.91 Å². The molecular weight excluding hydrogens is 306 g/mol. The van der Waals surface area contributed by atoms with Crippen LogP contribution in [0.2, 0.25) is 0 Å². The number of hydrogen-bond donors (Lipinski definition) is 0. The van der Waals surface area contributed by atoms with E-state index in [2.05, 4.69) is 47.2 Å². The molecule has 23 heavy (non-hydrogen) atoms. The second-order valence-corrected chi connectivity index (χ2v) is 8.44. The van der Waals surface area contributed by atoms with E-state index in [0.717, 1.165) is 58.5 Å². The summed E-state index contributed by atoms with van der Waals surface area (Å²) in [4.78, 5) is 20.9. The minimum Gasteiger partial charge on any atom is -0.342 e. The molecule has 5 heteroatoms. The lowest BCUT2D eigenvalue weighted by atomic mass is 9.85. The Balaban J connectivity index is 1.58. The maximum Gasteiger partial charge on any atom is 0.230 e. The number of likely N-dealkylation sites (tertiary alicyclic amines) is 2. The van der Waals surface area contributed by atoms with Gasteiger partial charge in [0, 0.05) is 37.6 Å². The zero-order chi connectivity index (χ0) is 16.4. The van der Waals surface area contributed by atoms with Crippen LogP contribution in [0.4, 0.5) is 0 Å². The molecule has 1 amide bonds. The Morgan fingerprint density at radius 2 is 2.09 bits per heavy atom. The summed E-state index contributed by atoms with van der Waals surface area (Å²) in [5.41, 5.74) is 1.33. The molecule has 3 heterocycles. The van der Waals surface area contributed by atoms with Crippen LogP contribution in [-0.4, -0.2) is 60.9 Å². The predicted octanol–water partition coefficient (Wildman–Crippen LogP) is 2.64. The van der Waals surface area contributed by atoms with Crippen LogP contribution in [0.15, 0.2) is 11.4 Å². The van der Waals surface area contributed by atoms with E-state index in [1.54, 1.807) is 0 Å². The van der Waals surface area contributed by atoms with Crippen molar-refractivity contribution in [2.45, 2.75) is 39.3 Å². The molecule has 0 bridgehead atoms. The fraction of sp³-hybridized carbons (Fsp3) is 0.722. The van der Waals surface area contributed by atoms with Gasteiger partial charge < -0.3 is 9.80 Å². The standard InChI is InChI=1S/C18H29N3OS/c1-4-7-21-9-6-18(17(21)22)5-8-20(14-18)12-16-10-15(13-23-16)11-19(2)3/h10,13H,4-9,11-12,14H2,1-3H3. The van der Waals surface area contributed by atoms with Gasteiger partial charge in [-0.2, -0.15) is 0 Å². The van der Waals surface area contributed by atoms with Crippen LogP contribution in [0.5, 0.6) is 0 Å². The second kappa shape index (κ2) is 6.91. The molecule has 2 fully saturated rings. The molecule has 1 aromatic heterocycles. The third-order valence-electron chi connectivity index (χ3n) is 5.11. The number of rotatable bonds is 6. The maximum atomic E-state index is 12.7. The van der Waals surface area contributed by atoms with Crippen LogP contribution in [-0.2, 0) is 17.9 Å². The largest absolute Gasteiger partial charge is 0.342 e. The highest BCUT2D eigenvalue weighted by molar-refractivity contribution is 7.10. The van der Waals surface area contributed by atoms with Crippen molar-refractivity contribution >= 4 is 17.2 Å². The van der Waals surface area contributed by atoms with Gasteiger partial charge in [-0.05, 0) is 56.9 Å². The molecule has 1 unspecified atom stereocenters. The minimum atomic E-state index is -0.0705. The smallest absolute Gasteiger partial charge is 0.230 e. The normalized spacial score (nSPS) is 25.4. The van der Waals surface area contributed by atoms with Crippen molar-refractivity contribution in [2.24, 2.45) is 5.41 Å². The number of thiophene rings is 1. The van der Waals surface area contributed by atoms with E-state index >= 15 is 0 Å². The topological polar surface area (TPSA) is 26.8 Å². The van der Waals surface area contributed by atoms with Crippen LogP contribution in [0.3, 0.4) is 0 Å². The van der Waals surface area contributed by atoms with Gasteiger partial charge in [0.05, 0.1) is 5.41 Å². The summed E-state index contributed by atoms with van der Waals surface area (Å²) in [6.07, 6.45) is 3.16. The summed E-state index contributed by atoms with van der Waals surface area (Å²) < 4.78 is 0. The van der Waals surface area contributed by atoms with E-state index in [4.69, 9.17) is 0 Å². The Morgan fingerprint density at radius 1 is 1.30 bits per heavy atom. The lowest BCUT2D eigenvalue weighted by Gasteiger charge is -2.23. The number of amides is 1. The van der Waals surface area contributed by atoms with E-state index < -0.39 is 0 Å². The third-order valence-corrected chi connectivity index (χ3v) is 6.08. The van der Waals surface area contributed by atoms with Gasteiger partial charge in [-0.15, -0.1) is 11.3 Å². The van der Waals surface area contributed by atoms with Crippen LogP contribution in [0.1, 0.15) is 36.6 Å². The van der Waals surface area contributed by atoms with Crippen molar-refractivity contribution in [3.05, 3.63) is 21.9 Å². The Labute approximate surface area is 144 Å². The average Bonchev–Trinajstić information content (AvgIpc) is 3.17. The van der Waals surface area contributed by atoms with Gasteiger partial charge in [0.15, 0.2) is 0 Å². The van der Waals surface area contributed by atoms with Gasteiger partial charge in [-0.3, -0.25) is 9.69 Å². The average molecular weight is 336 g/mol. The SMILES string of the molecule is CCCN1CCC2(CCN(Cc3cc(CN(C)C)cs3)C2)C1=O. The molecule has 2 aliphatic heterocycles. The van der Waals surface area contributed by atoms with Crippen molar-refractivity contribution < 1.29 is 4.79 Å². The first-order chi connectivity index (χ1) is 11.0. The Kier molecular flexibility index (Phi) is 5.09. The summed E-state index contributed by atoms with van der Waals surface area (Å²) in [6.45, 7) is 8.07. The monoisotopic (exact) mass is 335 g/mol. The molecule has 4 nitrogen and oxygen atoms in total. The van der Waals surface area contributed by atoms with E-state index in [1.807, 2.05) is 11.3 Å². The molecule has 1 aromatic rings. The molecule has 0 saturated carbocycles. The fourth-order valence-electron chi connectivity index (χ4n) is 4.03. The highest BCUT2D eigenvalue weighted by Gasteiger charge is 2.50. The third kappa shape index (κ3) is 3.62. The molecular formula is C18H29N3OS. The van der Waals surface area contributed by atoms with Crippen molar-refractivity contribution in [3.8, 4) is 0 Å². The Bertz CT molecular complexity index is 556. The number of hydrogen-bond acceptors (Lipinski definition) is 4. The molecule has 0 radical (unpaired) electrons. The highest BCUT2D eigenvalue weighted by atomic mass is 32.1. The van der Waals surface area contributed by atoms with Crippen LogP contribution in [0.25, 0.3) is 0 Å². The zero-order valence-electron chi connectivity index (χ0n) is 14.7. The van der Waals surface area contributed by atoms with Crippen LogP contribution >= 0.6 is 11.3 Å². The Morgan fingerprint density at radius 3 is 2.83 bits per heavy atom. The maximum absolute atomic E-state index is 12.7. The van der Waals surface area contributed by atoms with Crippen molar-refractivity contribution in [2.75, 3.05) is 40.3 Å². The van der Waals surface area contributed by atoms with Gasteiger partial charge in [-0.1, -0.05) is 6.92 Å². The van der Waals surface area contributed by atoms with Crippen LogP contribution < -0.4 is 0 Å². The van der Waals surface area contributed by atoms with E-state index in [-0.39, 0.29) is 5.41 Å². The summed E-state index contributed by atoms with van der Waals surface area (Å²) in [5.74, 6) is 0.418. The van der Waals surface area contributed by atoms with Gasteiger partial charge in [0.1, 0.15) is 0 Å². The highest BCUT2D eigenvalue weighted by Crippen LogP contribution is 2.41.